The molecule has 20 heteroatoms. The van der Waals surface area contributed by atoms with Crippen LogP contribution < -0.4 is 0 Å². The quantitative estimate of drug-likeness (QED) is 0.0596. The molecule has 310 valence electrons. The van der Waals surface area contributed by atoms with Gasteiger partial charge in [-0.15, -0.1) is 0 Å². The molecule has 3 saturated heterocycles. The van der Waals surface area contributed by atoms with E-state index < -0.39 is 135 Å². The lowest BCUT2D eigenvalue weighted by Crippen LogP contribution is -2.67. The van der Waals surface area contributed by atoms with Crippen LogP contribution in [0.1, 0.15) is 25.0 Å². The van der Waals surface area contributed by atoms with Gasteiger partial charge in [0.05, 0.1) is 25.9 Å². The first-order valence-corrected chi connectivity index (χ1v) is 17.5. The molecule has 20 nitrogen and oxygen atoms in total. The number of aliphatic hydroxyl groups is 6. The van der Waals surface area contributed by atoms with Gasteiger partial charge in [-0.3, -0.25) is 4.79 Å². The molecule has 3 aliphatic heterocycles. The van der Waals surface area contributed by atoms with Crippen molar-refractivity contribution >= 4 is 18.0 Å². The maximum atomic E-state index is 13.4. The van der Waals surface area contributed by atoms with Crippen molar-refractivity contribution in [2.45, 2.75) is 106 Å². The summed E-state index contributed by atoms with van der Waals surface area (Å²) in [5.74, 6) is -3.49. The maximum Gasteiger partial charge on any atom is 0.331 e. The van der Waals surface area contributed by atoms with E-state index in [1.165, 1.54) is 43.3 Å². The van der Waals surface area contributed by atoms with Crippen LogP contribution in [-0.4, -0.2) is 169 Å². The minimum absolute atomic E-state index is 0.184. The Morgan fingerprint density at radius 1 is 0.732 bits per heavy atom. The van der Waals surface area contributed by atoms with Crippen LogP contribution in [0.3, 0.4) is 0 Å². The molecule has 0 bridgehead atoms. The Bertz CT molecular complexity index is 1670. The van der Waals surface area contributed by atoms with Crippen LogP contribution >= 0.6 is 0 Å². The molecule has 0 aliphatic carbocycles. The van der Waals surface area contributed by atoms with Gasteiger partial charge >= 0.3 is 11.9 Å². The molecule has 14 atom stereocenters. The molecule has 2 aromatic rings. The van der Waals surface area contributed by atoms with Gasteiger partial charge in [-0.25, -0.2) is 4.79 Å². The molecule has 3 aliphatic rings. The molecule has 3 heterocycles. The third-order valence-corrected chi connectivity index (χ3v) is 9.28. The Morgan fingerprint density at radius 2 is 1.38 bits per heavy atom. The largest absolute Gasteiger partial charge is 0.504 e. The van der Waals surface area contributed by atoms with Crippen molar-refractivity contribution < 1.29 is 98.5 Å². The highest BCUT2D eigenvalue weighted by Gasteiger charge is 2.55. The third-order valence-electron chi connectivity index (χ3n) is 9.28. The summed E-state index contributed by atoms with van der Waals surface area (Å²) in [6.45, 7) is 0.831. The van der Waals surface area contributed by atoms with Gasteiger partial charge in [0, 0.05) is 13.0 Å². The van der Waals surface area contributed by atoms with Crippen LogP contribution in [0, 0.1) is 0 Å². The van der Waals surface area contributed by atoms with Crippen LogP contribution in [0.2, 0.25) is 0 Å². The number of ether oxygens (including phenoxy) is 8. The number of esters is 2. The Hall–Kier alpha value is -4.16. The van der Waals surface area contributed by atoms with Gasteiger partial charge in [-0.2, -0.15) is 0 Å². The number of carbonyl (C=O) groups is 2. The third kappa shape index (κ3) is 10.4. The number of aromatic hydroxyl groups is 4. The molecule has 0 saturated carbocycles. The van der Waals surface area contributed by atoms with E-state index in [9.17, 15) is 60.7 Å². The molecule has 2 aromatic carbocycles. The molecular weight excluding hydrogens is 752 g/mol. The number of hydrogen-bond donors (Lipinski definition) is 10. The Morgan fingerprint density at radius 3 is 2.05 bits per heavy atom. The zero-order valence-corrected chi connectivity index (χ0v) is 30.1. The van der Waals surface area contributed by atoms with Crippen molar-refractivity contribution in [2.24, 2.45) is 0 Å². The summed E-state index contributed by atoms with van der Waals surface area (Å²) in [7, 11) is 0. The van der Waals surface area contributed by atoms with E-state index in [1.54, 1.807) is 0 Å². The molecule has 56 heavy (non-hydrogen) atoms. The van der Waals surface area contributed by atoms with E-state index in [0.717, 1.165) is 19.1 Å². The van der Waals surface area contributed by atoms with Crippen LogP contribution in [0.15, 0.2) is 42.5 Å². The van der Waals surface area contributed by atoms with Gasteiger partial charge in [0.15, 0.2) is 41.7 Å². The summed E-state index contributed by atoms with van der Waals surface area (Å²) in [5.41, 5.74) is 0.674. The molecule has 0 amide bonds. The van der Waals surface area contributed by atoms with Crippen molar-refractivity contribution in [3.05, 3.63) is 53.6 Å². The van der Waals surface area contributed by atoms with E-state index in [4.69, 9.17) is 37.9 Å². The van der Waals surface area contributed by atoms with E-state index in [2.05, 4.69) is 0 Å². The van der Waals surface area contributed by atoms with E-state index in [1.807, 2.05) is 0 Å². The molecule has 3 fully saturated rings. The minimum Gasteiger partial charge on any atom is -0.504 e. The fraction of sp³-hybridized carbons (Fsp3) is 0.556. The van der Waals surface area contributed by atoms with Gasteiger partial charge in [-0.1, -0.05) is 12.1 Å². The van der Waals surface area contributed by atoms with Crippen LogP contribution in [0.5, 0.6) is 23.0 Å². The highest BCUT2D eigenvalue weighted by molar-refractivity contribution is 5.87. The zero-order valence-electron chi connectivity index (χ0n) is 30.1. The summed E-state index contributed by atoms with van der Waals surface area (Å²) in [4.78, 5) is 25.4. The molecule has 0 spiro atoms. The lowest BCUT2D eigenvalue weighted by Gasteiger charge is -2.49. The highest BCUT2D eigenvalue weighted by Crippen LogP contribution is 2.35. The number of phenols is 4. The smallest absolute Gasteiger partial charge is 0.331 e. The van der Waals surface area contributed by atoms with Gasteiger partial charge < -0.3 is 89.0 Å². The zero-order chi connectivity index (χ0) is 40.8. The summed E-state index contributed by atoms with van der Waals surface area (Å²) in [6, 6.07) is 7.67. The standard InChI is InChI=1S/C36H46O20/c1-15-27(44)29(46)31(48)36(52-15)56-34-32(54-26(43)8-5-17-3-6-19(38)21(40)9-17)25(14-50-16(2)37)53-24(13-49-11-18-4-7-20(39)22(41)10-18)33(34)55-35-30(47)28(45)23(42)12-51-35/h3-10,15,23-25,27-36,38-42,44-48H,11-14H2,1-2H3. The van der Waals surface area contributed by atoms with E-state index in [-0.39, 0.29) is 17.9 Å². The van der Waals surface area contributed by atoms with Crippen molar-refractivity contribution in [1.29, 1.82) is 0 Å². The predicted molar refractivity (Wildman–Crippen MR) is 183 cm³/mol. The number of hydrogen-bond acceptors (Lipinski definition) is 20. The van der Waals surface area contributed by atoms with Crippen molar-refractivity contribution in [3.8, 4) is 23.0 Å². The number of phenolic OH excluding ortho intramolecular Hbond substituents is 4. The second kappa shape index (κ2) is 18.9. The Kier molecular flexibility index (Phi) is 14.5. The normalized spacial score (nSPS) is 34.9. The summed E-state index contributed by atoms with van der Waals surface area (Å²) in [5, 5.41) is 102. The second-order valence-electron chi connectivity index (χ2n) is 13.5. The average Bonchev–Trinajstić information content (AvgIpc) is 3.16. The first kappa shape index (κ1) is 43.0. The first-order valence-electron chi connectivity index (χ1n) is 17.5. The topological polar surface area (TPSA) is 310 Å². The Labute approximate surface area is 319 Å². The fourth-order valence-corrected chi connectivity index (χ4v) is 6.19. The van der Waals surface area contributed by atoms with E-state index >= 15 is 0 Å². The lowest BCUT2D eigenvalue weighted by atomic mass is 9.93. The van der Waals surface area contributed by atoms with E-state index in [0.29, 0.717) is 5.56 Å². The molecule has 14 unspecified atom stereocenters. The molecule has 0 aromatic heterocycles. The average molecular weight is 799 g/mol. The van der Waals surface area contributed by atoms with Crippen LogP contribution in [0.25, 0.3) is 6.08 Å². The van der Waals surface area contributed by atoms with Gasteiger partial charge in [0.1, 0.15) is 67.6 Å². The molecule has 5 rings (SSSR count). The SMILES string of the molecule is CC(=O)OCC1OC(COCc2ccc(O)c(O)c2)C(OC2OCC(O)C(O)C2O)C(OC2OC(C)C(O)C(O)C2O)C1OC(=O)C=Cc1ccc(O)c(O)c1. The minimum atomic E-state index is -1.90. The summed E-state index contributed by atoms with van der Waals surface area (Å²) in [6.07, 6.45) is -20.3. The van der Waals surface area contributed by atoms with Crippen molar-refractivity contribution in [1.82, 2.24) is 0 Å². The van der Waals surface area contributed by atoms with Crippen molar-refractivity contribution in [2.75, 3.05) is 19.8 Å². The summed E-state index contributed by atoms with van der Waals surface area (Å²) >= 11 is 0. The second-order valence-corrected chi connectivity index (χ2v) is 13.5. The molecular formula is C36H46O20. The lowest BCUT2D eigenvalue weighted by molar-refractivity contribution is -0.364. The van der Waals surface area contributed by atoms with Crippen molar-refractivity contribution in [3.63, 3.8) is 0 Å². The monoisotopic (exact) mass is 798 g/mol. The predicted octanol–water partition coefficient (Wildman–Crippen LogP) is -1.98. The number of rotatable bonds is 13. The Balaban J connectivity index is 1.52. The summed E-state index contributed by atoms with van der Waals surface area (Å²) < 4.78 is 46.7. The number of benzene rings is 2. The van der Waals surface area contributed by atoms with Gasteiger partial charge in [-0.05, 0) is 48.4 Å². The highest BCUT2D eigenvalue weighted by atomic mass is 16.7. The van der Waals surface area contributed by atoms with Crippen LogP contribution in [-0.2, 0) is 54.1 Å². The number of aliphatic hydroxyl groups excluding tert-OH is 6. The maximum absolute atomic E-state index is 13.4. The van der Waals surface area contributed by atoms with Gasteiger partial charge in [0.25, 0.3) is 0 Å². The molecule has 10 N–H and O–H groups in total. The first-order chi connectivity index (χ1) is 26.5. The van der Waals surface area contributed by atoms with Gasteiger partial charge in [0.2, 0.25) is 0 Å². The molecule has 0 radical (unpaired) electrons. The fourth-order valence-electron chi connectivity index (χ4n) is 6.19. The number of carbonyl (C=O) groups excluding carboxylic acids is 2. The van der Waals surface area contributed by atoms with Crippen LogP contribution in [0.4, 0.5) is 0 Å².